The fraction of sp³-hybridized carbons (Fsp3) is 0.875. The third-order valence-corrected chi connectivity index (χ3v) is 3.93. The highest BCUT2D eigenvalue weighted by molar-refractivity contribution is 5.89. The van der Waals surface area contributed by atoms with Crippen LogP contribution in [0, 0.1) is 17.8 Å². The van der Waals surface area contributed by atoms with Gasteiger partial charge in [-0.1, -0.05) is 48.0 Å². The summed E-state index contributed by atoms with van der Waals surface area (Å²) in [5.74, 6) is 0.801. The molecule has 0 aliphatic rings. The molecule has 0 bridgehead atoms. The molecule has 0 saturated heterocycles. The van der Waals surface area contributed by atoms with Gasteiger partial charge in [0.2, 0.25) is 5.91 Å². The maximum Gasteiger partial charge on any atom is 0.237 e. The van der Waals surface area contributed by atoms with Crippen LogP contribution < -0.4 is 10.6 Å². The van der Waals surface area contributed by atoms with E-state index in [1.165, 1.54) is 0 Å². The van der Waals surface area contributed by atoms with Gasteiger partial charge in [0.15, 0.2) is 5.78 Å². The van der Waals surface area contributed by atoms with Crippen LogP contribution >= 0.6 is 0 Å². The molecule has 4 heteroatoms. The lowest BCUT2D eigenvalue weighted by molar-refractivity contribution is -0.128. The fourth-order valence-electron chi connectivity index (χ4n) is 1.79. The maximum absolute atomic E-state index is 12.2. The van der Waals surface area contributed by atoms with Crippen LogP contribution in [-0.4, -0.2) is 30.8 Å². The van der Waals surface area contributed by atoms with E-state index in [2.05, 4.69) is 24.5 Å². The Bertz CT molecular complexity index is 303. The minimum absolute atomic E-state index is 0.0147. The number of hydrogen-bond donors (Lipinski definition) is 2. The molecule has 3 atom stereocenters. The zero-order valence-electron chi connectivity index (χ0n) is 14.0. The summed E-state index contributed by atoms with van der Waals surface area (Å²) in [7, 11) is 0. The van der Waals surface area contributed by atoms with E-state index in [0.29, 0.717) is 5.92 Å². The average molecular weight is 284 g/mol. The first-order chi connectivity index (χ1) is 9.33. The number of carbonyl (C=O) groups excluding carboxylic acids is 2. The van der Waals surface area contributed by atoms with Gasteiger partial charge in [-0.05, 0) is 24.8 Å². The van der Waals surface area contributed by atoms with Crippen molar-refractivity contribution >= 4 is 11.7 Å². The third kappa shape index (κ3) is 7.04. The Balaban J connectivity index is 4.33. The maximum atomic E-state index is 12.2. The summed E-state index contributed by atoms with van der Waals surface area (Å²) in [6.45, 7) is 13.2. The monoisotopic (exact) mass is 284 g/mol. The zero-order chi connectivity index (χ0) is 15.7. The van der Waals surface area contributed by atoms with Gasteiger partial charge in [0, 0.05) is 5.92 Å². The molecule has 1 amide bonds. The van der Waals surface area contributed by atoms with Crippen LogP contribution in [0.1, 0.15) is 54.4 Å². The van der Waals surface area contributed by atoms with E-state index in [9.17, 15) is 9.59 Å². The number of rotatable bonds is 10. The Labute approximate surface area is 124 Å². The number of ketones is 1. The Kier molecular flexibility index (Phi) is 9.47. The van der Waals surface area contributed by atoms with Crippen molar-refractivity contribution in [2.24, 2.45) is 17.8 Å². The van der Waals surface area contributed by atoms with Crippen LogP contribution in [0.4, 0.5) is 0 Å². The van der Waals surface area contributed by atoms with Gasteiger partial charge >= 0.3 is 0 Å². The number of nitrogens with one attached hydrogen (secondary N) is 2. The molecule has 0 saturated carbocycles. The van der Waals surface area contributed by atoms with E-state index in [0.717, 1.165) is 19.4 Å². The fourth-order valence-corrected chi connectivity index (χ4v) is 1.79. The van der Waals surface area contributed by atoms with Gasteiger partial charge in [0.05, 0.1) is 12.6 Å². The van der Waals surface area contributed by atoms with Gasteiger partial charge < -0.3 is 10.6 Å². The first-order valence-corrected chi connectivity index (χ1v) is 7.87. The Morgan fingerprint density at radius 1 is 1.00 bits per heavy atom. The minimum atomic E-state index is -0.228. The number of amides is 1. The van der Waals surface area contributed by atoms with E-state index >= 15 is 0 Å². The highest BCUT2D eigenvalue weighted by Gasteiger charge is 2.23. The Morgan fingerprint density at radius 2 is 1.60 bits per heavy atom. The summed E-state index contributed by atoms with van der Waals surface area (Å²) in [4.78, 5) is 23.9. The summed E-state index contributed by atoms with van der Waals surface area (Å²) in [6.07, 6.45) is 1.90. The molecule has 0 radical (unpaired) electrons. The summed E-state index contributed by atoms with van der Waals surface area (Å²) in [5, 5.41) is 6.08. The second-order valence-electron chi connectivity index (χ2n) is 6.14. The van der Waals surface area contributed by atoms with Gasteiger partial charge in [-0.25, -0.2) is 0 Å². The van der Waals surface area contributed by atoms with Gasteiger partial charge in [-0.3, -0.25) is 9.59 Å². The smallest absolute Gasteiger partial charge is 0.237 e. The summed E-state index contributed by atoms with van der Waals surface area (Å²) < 4.78 is 0. The molecule has 0 aromatic heterocycles. The predicted molar refractivity (Wildman–Crippen MR) is 83.6 cm³/mol. The van der Waals surface area contributed by atoms with E-state index in [-0.39, 0.29) is 36.1 Å². The largest absolute Gasteiger partial charge is 0.348 e. The van der Waals surface area contributed by atoms with Crippen LogP contribution in [0.3, 0.4) is 0 Å². The zero-order valence-corrected chi connectivity index (χ0v) is 14.0. The van der Waals surface area contributed by atoms with Gasteiger partial charge in [-0.15, -0.1) is 0 Å². The second-order valence-corrected chi connectivity index (χ2v) is 6.14. The van der Waals surface area contributed by atoms with E-state index in [4.69, 9.17) is 0 Å². The molecule has 3 unspecified atom stereocenters. The van der Waals surface area contributed by atoms with Gasteiger partial charge in [0.1, 0.15) is 0 Å². The van der Waals surface area contributed by atoms with Crippen molar-refractivity contribution in [2.45, 2.75) is 60.4 Å². The molecule has 20 heavy (non-hydrogen) atoms. The molecule has 0 fully saturated rings. The van der Waals surface area contributed by atoms with Gasteiger partial charge in [0.25, 0.3) is 0 Å². The lowest BCUT2D eigenvalue weighted by Crippen LogP contribution is -2.49. The molecule has 0 aliphatic heterocycles. The molecule has 0 aliphatic carbocycles. The van der Waals surface area contributed by atoms with Crippen molar-refractivity contribution in [3.05, 3.63) is 0 Å². The number of hydrogen-bond acceptors (Lipinski definition) is 3. The van der Waals surface area contributed by atoms with Crippen molar-refractivity contribution in [3.63, 3.8) is 0 Å². The van der Waals surface area contributed by atoms with Crippen LogP contribution in [0.25, 0.3) is 0 Å². The van der Waals surface area contributed by atoms with E-state index in [1.807, 2.05) is 27.7 Å². The van der Waals surface area contributed by atoms with Gasteiger partial charge in [-0.2, -0.15) is 0 Å². The van der Waals surface area contributed by atoms with Crippen molar-refractivity contribution in [1.82, 2.24) is 10.6 Å². The molecule has 118 valence electrons. The highest BCUT2D eigenvalue weighted by atomic mass is 16.2. The van der Waals surface area contributed by atoms with Crippen molar-refractivity contribution in [1.29, 1.82) is 0 Å². The van der Waals surface area contributed by atoms with Crippen LogP contribution in [0.2, 0.25) is 0 Å². The first kappa shape index (κ1) is 19.1. The molecular formula is C16H32N2O2. The molecule has 4 nitrogen and oxygen atoms in total. The summed E-state index contributed by atoms with van der Waals surface area (Å²) in [5.41, 5.74) is 0. The normalized spacial score (nSPS) is 15.8. The summed E-state index contributed by atoms with van der Waals surface area (Å²) in [6, 6.07) is -0.228. The SMILES string of the molecule is CCC(C)CNC(C(=O)NCC(=O)C(C)CC)C(C)C. The minimum Gasteiger partial charge on any atom is -0.348 e. The topological polar surface area (TPSA) is 58.2 Å². The number of carbonyl (C=O) groups is 2. The lowest BCUT2D eigenvalue weighted by Gasteiger charge is -2.23. The van der Waals surface area contributed by atoms with Crippen molar-refractivity contribution < 1.29 is 9.59 Å². The van der Waals surface area contributed by atoms with Crippen molar-refractivity contribution in [2.75, 3.05) is 13.1 Å². The lowest BCUT2D eigenvalue weighted by atomic mass is 10.0. The molecule has 0 spiro atoms. The van der Waals surface area contributed by atoms with Crippen LogP contribution in [0.15, 0.2) is 0 Å². The summed E-state index contributed by atoms with van der Waals surface area (Å²) >= 11 is 0. The predicted octanol–water partition coefficient (Wildman–Crippen LogP) is 2.38. The Morgan fingerprint density at radius 3 is 2.05 bits per heavy atom. The van der Waals surface area contributed by atoms with E-state index < -0.39 is 0 Å². The molecular weight excluding hydrogens is 252 g/mol. The molecule has 2 N–H and O–H groups in total. The van der Waals surface area contributed by atoms with Crippen LogP contribution in [0.5, 0.6) is 0 Å². The standard InChI is InChI=1S/C16H32N2O2/c1-7-12(5)9-17-15(11(3)4)16(20)18-10-14(19)13(6)8-2/h11-13,15,17H,7-10H2,1-6H3,(H,18,20). The van der Waals surface area contributed by atoms with E-state index in [1.54, 1.807) is 0 Å². The highest BCUT2D eigenvalue weighted by Crippen LogP contribution is 2.06. The van der Waals surface area contributed by atoms with Crippen LogP contribution in [-0.2, 0) is 9.59 Å². The molecule has 0 rings (SSSR count). The number of Topliss-reactive ketones (excluding diaryl/α,β-unsaturated/α-hetero) is 1. The Hall–Kier alpha value is -0.900. The van der Waals surface area contributed by atoms with Crippen molar-refractivity contribution in [3.8, 4) is 0 Å². The average Bonchev–Trinajstić information content (AvgIpc) is 2.43. The molecule has 0 heterocycles. The molecule has 0 aromatic carbocycles. The second kappa shape index (κ2) is 9.92. The quantitative estimate of drug-likeness (QED) is 0.647. The third-order valence-electron chi connectivity index (χ3n) is 3.93. The molecule has 0 aromatic rings. The first-order valence-electron chi connectivity index (χ1n) is 7.87.